The fourth-order valence-corrected chi connectivity index (χ4v) is 4.92. The van der Waals surface area contributed by atoms with Gasteiger partial charge in [-0.15, -0.1) is 0 Å². The van der Waals surface area contributed by atoms with E-state index in [0.29, 0.717) is 18.0 Å². The van der Waals surface area contributed by atoms with Crippen molar-refractivity contribution in [1.29, 1.82) is 0 Å². The molecule has 1 aromatic carbocycles. The number of thioether (sulfide) groups is 1. The van der Waals surface area contributed by atoms with E-state index in [0.717, 1.165) is 24.0 Å². The van der Waals surface area contributed by atoms with Crippen LogP contribution in [0.3, 0.4) is 0 Å². The van der Waals surface area contributed by atoms with Crippen molar-refractivity contribution in [3.05, 3.63) is 29.3 Å². The van der Waals surface area contributed by atoms with Crippen molar-refractivity contribution >= 4 is 21.8 Å². The predicted molar refractivity (Wildman–Crippen MR) is 84.4 cm³/mol. The highest BCUT2D eigenvalue weighted by Crippen LogP contribution is 2.42. The van der Waals surface area contributed by atoms with E-state index in [9.17, 15) is 8.42 Å². The summed E-state index contributed by atoms with van der Waals surface area (Å²) in [5.74, 6) is 0. The molecule has 0 amide bonds. The van der Waals surface area contributed by atoms with E-state index >= 15 is 0 Å². The Labute approximate surface area is 125 Å². The molecule has 1 saturated carbocycles. The van der Waals surface area contributed by atoms with E-state index in [2.05, 4.69) is 4.72 Å². The van der Waals surface area contributed by atoms with Gasteiger partial charge in [-0.3, -0.25) is 0 Å². The third-order valence-corrected chi connectivity index (χ3v) is 7.15. The highest BCUT2D eigenvalue weighted by molar-refractivity contribution is 8.00. The Hall–Kier alpha value is -0.560. The standard InChI is InChI=1S/C14H22N2O2S2/c1-11-12(9-15)5-3-6-13(11)20(17,18)16-10-14(19-2)7-4-8-14/h3,5-6,16H,4,7-10,15H2,1-2H3. The van der Waals surface area contributed by atoms with Crippen LogP contribution >= 0.6 is 11.8 Å². The van der Waals surface area contributed by atoms with Gasteiger partial charge in [0.15, 0.2) is 0 Å². The van der Waals surface area contributed by atoms with Crippen LogP contribution in [0.2, 0.25) is 0 Å². The normalized spacial score (nSPS) is 17.8. The van der Waals surface area contributed by atoms with Gasteiger partial charge in [0.2, 0.25) is 10.0 Å². The lowest BCUT2D eigenvalue weighted by Gasteiger charge is -2.40. The first-order chi connectivity index (χ1) is 9.44. The predicted octanol–water partition coefficient (Wildman–Crippen LogP) is 2.02. The second-order valence-electron chi connectivity index (χ2n) is 5.31. The lowest BCUT2D eigenvalue weighted by molar-refractivity contribution is 0.362. The maximum absolute atomic E-state index is 12.5. The van der Waals surface area contributed by atoms with Gasteiger partial charge in [-0.25, -0.2) is 13.1 Å². The zero-order valence-corrected chi connectivity index (χ0v) is 13.6. The summed E-state index contributed by atoms with van der Waals surface area (Å²) in [4.78, 5) is 0.344. The minimum Gasteiger partial charge on any atom is -0.326 e. The molecule has 112 valence electrons. The summed E-state index contributed by atoms with van der Waals surface area (Å²) in [5, 5.41) is 0. The number of sulfonamides is 1. The molecule has 0 aliphatic heterocycles. The lowest BCUT2D eigenvalue weighted by Crippen LogP contribution is -2.45. The number of nitrogens with one attached hydrogen (secondary N) is 1. The zero-order chi connectivity index (χ0) is 14.8. The Morgan fingerprint density at radius 2 is 2.10 bits per heavy atom. The molecule has 0 saturated heterocycles. The molecule has 1 aliphatic rings. The number of hydrogen-bond donors (Lipinski definition) is 2. The number of hydrogen-bond acceptors (Lipinski definition) is 4. The summed E-state index contributed by atoms with van der Waals surface area (Å²) in [6.07, 6.45) is 5.40. The van der Waals surface area contributed by atoms with E-state index in [1.54, 1.807) is 23.9 Å². The summed E-state index contributed by atoms with van der Waals surface area (Å²) < 4.78 is 27.8. The largest absolute Gasteiger partial charge is 0.326 e. The van der Waals surface area contributed by atoms with Gasteiger partial charge >= 0.3 is 0 Å². The van der Waals surface area contributed by atoms with Crippen LogP contribution in [0.25, 0.3) is 0 Å². The first-order valence-electron chi connectivity index (χ1n) is 6.77. The molecule has 1 aliphatic carbocycles. The minimum atomic E-state index is -3.46. The molecule has 0 radical (unpaired) electrons. The molecule has 20 heavy (non-hydrogen) atoms. The molecule has 0 unspecified atom stereocenters. The van der Waals surface area contributed by atoms with Crippen molar-refractivity contribution in [2.24, 2.45) is 5.73 Å². The lowest BCUT2D eigenvalue weighted by atomic mass is 9.84. The fraction of sp³-hybridized carbons (Fsp3) is 0.571. The molecular formula is C14H22N2O2S2. The van der Waals surface area contributed by atoms with Gasteiger partial charge in [-0.2, -0.15) is 11.8 Å². The summed E-state index contributed by atoms with van der Waals surface area (Å²) in [6, 6.07) is 5.25. The van der Waals surface area contributed by atoms with Crippen LogP contribution < -0.4 is 10.5 Å². The van der Waals surface area contributed by atoms with Crippen LogP contribution in [0, 0.1) is 6.92 Å². The summed E-state index contributed by atoms with van der Waals surface area (Å²) in [6.45, 7) is 2.66. The van der Waals surface area contributed by atoms with Crippen molar-refractivity contribution in [1.82, 2.24) is 4.72 Å². The Kier molecular flexibility index (Phi) is 4.79. The molecule has 3 N–H and O–H groups in total. The Bertz CT molecular complexity index is 575. The summed E-state index contributed by atoms with van der Waals surface area (Å²) in [7, 11) is -3.46. The van der Waals surface area contributed by atoms with E-state index < -0.39 is 10.0 Å². The van der Waals surface area contributed by atoms with Gasteiger partial charge in [-0.1, -0.05) is 18.6 Å². The highest BCUT2D eigenvalue weighted by Gasteiger charge is 2.37. The van der Waals surface area contributed by atoms with Crippen molar-refractivity contribution < 1.29 is 8.42 Å². The van der Waals surface area contributed by atoms with Crippen LogP contribution in [0.1, 0.15) is 30.4 Å². The Morgan fingerprint density at radius 1 is 1.40 bits per heavy atom. The molecule has 0 heterocycles. The van der Waals surface area contributed by atoms with E-state index in [1.165, 1.54) is 6.42 Å². The Morgan fingerprint density at radius 3 is 2.60 bits per heavy atom. The molecule has 1 aromatic rings. The van der Waals surface area contributed by atoms with Crippen molar-refractivity contribution in [3.8, 4) is 0 Å². The SMILES string of the molecule is CSC1(CNS(=O)(=O)c2cccc(CN)c2C)CCC1. The Balaban J connectivity index is 2.18. The average molecular weight is 314 g/mol. The third kappa shape index (κ3) is 3.03. The molecule has 0 spiro atoms. The van der Waals surface area contributed by atoms with Crippen LogP contribution in [0.15, 0.2) is 23.1 Å². The molecule has 6 heteroatoms. The maximum Gasteiger partial charge on any atom is 0.240 e. The van der Waals surface area contributed by atoms with Gasteiger partial charge in [0.1, 0.15) is 0 Å². The van der Waals surface area contributed by atoms with Crippen LogP contribution in [-0.4, -0.2) is 26.0 Å². The third-order valence-electron chi connectivity index (χ3n) is 4.19. The van der Waals surface area contributed by atoms with Crippen LogP contribution in [0.4, 0.5) is 0 Å². The maximum atomic E-state index is 12.5. The molecular weight excluding hydrogens is 292 g/mol. The topological polar surface area (TPSA) is 72.2 Å². The van der Waals surface area contributed by atoms with Gasteiger partial charge in [0.05, 0.1) is 4.90 Å². The van der Waals surface area contributed by atoms with Crippen LogP contribution in [0.5, 0.6) is 0 Å². The van der Waals surface area contributed by atoms with Gasteiger partial charge in [-0.05, 0) is 43.2 Å². The quantitative estimate of drug-likeness (QED) is 0.842. The molecule has 2 rings (SSSR count). The number of nitrogens with two attached hydrogens (primary N) is 1. The molecule has 0 aromatic heterocycles. The second kappa shape index (κ2) is 6.05. The monoisotopic (exact) mass is 314 g/mol. The van der Waals surface area contributed by atoms with Gasteiger partial charge in [0, 0.05) is 17.8 Å². The summed E-state index contributed by atoms with van der Waals surface area (Å²) >= 11 is 1.76. The molecule has 0 bridgehead atoms. The van der Waals surface area contributed by atoms with E-state index in [4.69, 9.17) is 5.73 Å². The highest BCUT2D eigenvalue weighted by atomic mass is 32.2. The zero-order valence-electron chi connectivity index (χ0n) is 12.0. The van der Waals surface area contributed by atoms with Gasteiger partial charge in [0.25, 0.3) is 0 Å². The first kappa shape index (κ1) is 15.8. The smallest absolute Gasteiger partial charge is 0.240 e. The van der Waals surface area contributed by atoms with Crippen molar-refractivity contribution in [3.63, 3.8) is 0 Å². The van der Waals surface area contributed by atoms with Crippen LogP contribution in [-0.2, 0) is 16.6 Å². The summed E-state index contributed by atoms with van der Waals surface area (Å²) in [5.41, 5.74) is 7.26. The molecule has 1 fully saturated rings. The number of benzene rings is 1. The van der Waals surface area contributed by atoms with E-state index in [-0.39, 0.29) is 4.75 Å². The first-order valence-corrected chi connectivity index (χ1v) is 9.48. The number of rotatable bonds is 6. The molecule has 0 atom stereocenters. The van der Waals surface area contributed by atoms with Gasteiger partial charge < -0.3 is 5.73 Å². The second-order valence-corrected chi connectivity index (χ2v) is 8.32. The van der Waals surface area contributed by atoms with Crippen molar-refractivity contribution in [2.75, 3.05) is 12.8 Å². The molecule has 4 nitrogen and oxygen atoms in total. The minimum absolute atomic E-state index is 0.0897. The fourth-order valence-electron chi connectivity index (χ4n) is 2.50. The van der Waals surface area contributed by atoms with E-state index in [1.807, 2.05) is 19.2 Å². The van der Waals surface area contributed by atoms with Crippen molar-refractivity contribution in [2.45, 2.75) is 42.4 Å². The average Bonchev–Trinajstić information content (AvgIpc) is 2.38.